The van der Waals surface area contributed by atoms with Crippen LogP contribution in [0.25, 0.3) is 0 Å². The van der Waals surface area contributed by atoms with Crippen molar-refractivity contribution in [2.45, 2.75) is 57.2 Å². The highest BCUT2D eigenvalue weighted by Gasteiger charge is 2.45. The first kappa shape index (κ1) is 18.9. The van der Waals surface area contributed by atoms with Crippen molar-refractivity contribution in [2.24, 2.45) is 0 Å². The van der Waals surface area contributed by atoms with Crippen LogP contribution in [-0.4, -0.2) is 35.5 Å². The lowest BCUT2D eigenvalue weighted by Crippen LogP contribution is -2.50. The lowest BCUT2D eigenvalue weighted by molar-refractivity contribution is -0.110. The molecule has 0 saturated carbocycles. The molecule has 4 heterocycles. The van der Waals surface area contributed by atoms with E-state index in [-0.39, 0.29) is 18.3 Å². The fraction of sp³-hybridized carbons (Fsp3) is 0.550. The van der Waals surface area contributed by atoms with Crippen LogP contribution >= 0.6 is 11.3 Å². The summed E-state index contributed by atoms with van der Waals surface area (Å²) in [7, 11) is 0. The standard InChI is InChI=1S/C20H23F3N2OS/c1-13-11-20(5-7-25(13)12-17-16(21)3-2-6-24-17)19-14(4-8-26-20)9-15(27-19)10-18(22)23/h2-3,6,9,13,18H,4-5,7-8,10-12H2,1H3/t13-,20+/m0/s1. The Bertz CT molecular complexity index is 812. The molecule has 1 spiro atoms. The smallest absolute Gasteiger partial charge is 0.243 e. The Labute approximate surface area is 161 Å². The lowest BCUT2D eigenvalue weighted by atomic mass is 9.82. The topological polar surface area (TPSA) is 25.4 Å². The molecule has 0 radical (unpaired) electrons. The van der Waals surface area contributed by atoms with Gasteiger partial charge >= 0.3 is 0 Å². The molecular weight excluding hydrogens is 373 g/mol. The van der Waals surface area contributed by atoms with E-state index < -0.39 is 12.0 Å². The highest BCUT2D eigenvalue weighted by Crippen LogP contribution is 2.47. The molecule has 0 aromatic carbocycles. The number of rotatable bonds is 4. The minimum Gasteiger partial charge on any atom is -0.369 e. The van der Waals surface area contributed by atoms with Crippen molar-refractivity contribution in [3.05, 3.63) is 51.2 Å². The van der Waals surface area contributed by atoms with Crippen molar-refractivity contribution in [3.63, 3.8) is 0 Å². The maximum atomic E-state index is 14.0. The number of fused-ring (bicyclic) bond motifs is 2. The van der Waals surface area contributed by atoms with Gasteiger partial charge in [-0.05, 0) is 49.9 Å². The summed E-state index contributed by atoms with van der Waals surface area (Å²) in [5.74, 6) is -0.281. The maximum absolute atomic E-state index is 14.0. The van der Waals surface area contributed by atoms with Crippen molar-refractivity contribution in [3.8, 4) is 0 Å². The predicted octanol–water partition coefficient (Wildman–Crippen LogP) is 4.54. The zero-order valence-electron chi connectivity index (χ0n) is 15.3. The summed E-state index contributed by atoms with van der Waals surface area (Å²) in [4.78, 5) is 8.25. The van der Waals surface area contributed by atoms with Gasteiger partial charge in [0.2, 0.25) is 6.43 Å². The zero-order valence-corrected chi connectivity index (χ0v) is 16.1. The number of hydrogen-bond acceptors (Lipinski definition) is 4. The first-order chi connectivity index (χ1) is 13.0. The average molecular weight is 396 g/mol. The van der Waals surface area contributed by atoms with E-state index in [2.05, 4.69) is 16.8 Å². The monoisotopic (exact) mass is 396 g/mol. The second-order valence-electron chi connectivity index (χ2n) is 7.46. The Kier molecular flexibility index (Phi) is 5.27. The quantitative estimate of drug-likeness (QED) is 0.759. The zero-order chi connectivity index (χ0) is 19.0. The maximum Gasteiger partial charge on any atom is 0.243 e. The van der Waals surface area contributed by atoms with Gasteiger partial charge in [-0.15, -0.1) is 11.3 Å². The first-order valence-corrected chi connectivity index (χ1v) is 10.2. The molecule has 0 bridgehead atoms. The Balaban J connectivity index is 1.52. The fourth-order valence-electron chi connectivity index (χ4n) is 4.28. The highest BCUT2D eigenvalue weighted by atomic mass is 32.1. The van der Waals surface area contributed by atoms with E-state index in [1.165, 1.54) is 23.0 Å². The van der Waals surface area contributed by atoms with E-state index in [4.69, 9.17) is 4.74 Å². The molecule has 0 N–H and O–H groups in total. The minimum atomic E-state index is -2.32. The van der Waals surface area contributed by atoms with E-state index in [1.807, 2.05) is 6.07 Å². The highest BCUT2D eigenvalue weighted by molar-refractivity contribution is 7.12. The Morgan fingerprint density at radius 1 is 1.44 bits per heavy atom. The molecule has 146 valence electrons. The van der Waals surface area contributed by atoms with Crippen LogP contribution in [0, 0.1) is 5.82 Å². The van der Waals surface area contributed by atoms with Gasteiger partial charge in [0.1, 0.15) is 11.4 Å². The molecular formula is C20H23F3N2OS. The number of nitrogens with zero attached hydrogens (tertiary/aromatic N) is 2. The molecule has 1 saturated heterocycles. The molecule has 2 aliphatic rings. The minimum absolute atomic E-state index is 0.186. The molecule has 2 aliphatic heterocycles. The Hall–Kier alpha value is -1.44. The number of alkyl halides is 2. The summed E-state index contributed by atoms with van der Waals surface area (Å²) in [5, 5.41) is 0. The van der Waals surface area contributed by atoms with Gasteiger partial charge in [0.25, 0.3) is 0 Å². The third kappa shape index (κ3) is 3.77. The summed E-state index contributed by atoms with van der Waals surface area (Å²) < 4.78 is 45.8. The lowest BCUT2D eigenvalue weighted by Gasteiger charge is -2.47. The van der Waals surface area contributed by atoms with Crippen molar-refractivity contribution >= 4 is 11.3 Å². The van der Waals surface area contributed by atoms with E-state index >= 15 is 0 Å². The van der Waals surface area contributed by atoms with E-state index in [0.29, 0.717) is 18.8 Å². The second kappa shape index (κ2) is 7.53. The third-order valence-corrected chi connectivity index (χ3v) is 7.00. The van der Waals surface area contributed by atoms with Crippen LogP contribution in [0.4, 0.5) is 13.2 Å². The van der Waals surface area contributed by atoms with Gasteiger partial charge in [-0.3, -0.25) is 9.88 Å². The molecule has 2 aromatic rings. The van der Waals surface area contributed by atoms with Crippen LogP contribution in [0.5, 0.6) is 0 Å². The van der Waals surface area contributed by atoms with Gasteiger partial charge in [0.15, 0.2) is 0 Å². The number of hydrogen-bond donors (Lipinski definition) is 0. The van der Waals surface area contributed by atoms with Crippen molar-refractivity contribution in [2.75, 3.05) is 13.2 Å². The Morgan fingerprint density at radius 3 is 3.04 bits per heavy atom. The van der Waals surface area contributed by atoms with Gasteiger partial charge in [-0.1, -0.05) is 0 Å². The number of thiophene rings is 1. The van der Waals surface area contributed by atoms with Crippen molar-refractivity contribution in [1.29, 1.82) is 0 Å². The van der Waals surface area contributed by atoms with E-state index in [0.717, 1.165) is 35.6 Å². The number of halogens is 3. The van der Waals surface area contributed by atoms with Crippen LogP contribution in [0.15, 0.2) is 24.4 Å². The summed E-state index contributed by atoms with van der Waals surface area (Å²) in [6.07, 6.45) is 1.45. The summed E-state index contributed by atoms with van der Waals surface area (Å²) in [6, 6.07) is 5.16. The van der Waals surface area contributed by atoms with E-state index in [9.17, 15) is 13.2 Å². The van der Waals surface area contributed by atoms with Gasteiger partial charge < -0.3 is 4.74 Å². The average Bonchev–Trinajstić information content (AvgIpc) is 3.03. The fourth-order valence-corrected chi connectivity index (χ4v) is 5.68. The molecule has 27 heavy (non-hydrogen) atoms. The van der Waals surface area contributed by atoms with Gasteiger partial charge in [0.05, 0.1) is 12.3 Å². The summed E-state index contributed by atoms with van der Waals surface area (Å²) >= 11 is 1.48. The number of likely N-dealkylation sites (tertiary alicyclic amines) is 1. The molecule has 1 fully saturated rings. The van der Waals surface area contributed by atoms with Crippen molar-refractivity contribution in [1.82, 2.24) is 9.88 Å². The molecule has 4 rings (SSSR count). The van der Waals surface area contributed by atoms with Crippen LogP contribution < -0.4 is 0 Å². The number of pyridine rings is 1. The third-order valence-electron chi connectivity index (χ3n) is 5.62. The SMILES string of the molecule is C[C@H]1C[C@@]2(CCN1Cc1ncccc1F)OCCc1cc(CC(F)F)sc12. The molecule has 7 heteroatoms. The molecule has 0 unspecified atom stereocenters. The molecule has 2 atom stereocenters. The van der Waals surface area contributed by atoms with Crippen LogP contribution in [0.2, 0.25) is 0 Å². The van der Waals surface area contributed by atoms with Crippen molar-refractivity contribution < 1.29 is 17.9 Å². The number of aromatic nitrogens is 1. The predicted molar refractivity (Wildman–Crippen MR) is 98.7 cm³/mol. The van der Waals surface area contributed by atoms with Gasteiger partial charge in [-0.2, -0.15) is 0 Å². The molecule has 0 aliphatic carbocycles. The largest absolute Gasteiger partial charge is 0.369 e. The van der Waals surface area contributed by atoms with Crippen LogP contribution in [0.1, 0.15) is 40.8 Å². The van der Waals surface area contributed by atoms with Gasteiger partial charge in [0, 0.05) is 41.5 Å². The first-order valence-electron chi connectivity index (χ1n) is 9.34. The van der Waals surface area contributed by atoms with Gasteiger partial charge in [-0.25, -0.2) is 13.2 Å². The second-order valence-corrected chi connectivity index (χ2v) is 8.60. The van der Waals surface area contributed by atoms with Crippen LogP contribution in [-0.2, 0) is 29.7 Å². The van der Waals surface area contributed by atoms with E-state index in [1.54, 1.807) is 12.3 Å². The Morgan fingerprint density at radius 2 is 2.30 bits per heavy atom. The molecule has 0 amide bonds. The normalized spacial score (nSPS) is 25.9. The number of ether oxygens (including phenoxy) is 1. The number of piperidine rings is 1. The molecule has 3 nitrogen and oxygen atoms in total. The summed E-state index contributed by atoms with van der Waals surface area (Å²) in [6.45, 7) is 3.98. The molecule has 2 aromatic heterocycles. The van der Waals surface area contributed by atoms with Crippen LogP contribution in [0.3, 0.4) is 0 Å². The summed E-state index contributed by atoms with van der Waals surface area (Å²) in [5.41, 5.74) is 1.23.